The fraction of sp³-hybridized carbons (Fsp3) is 0.190. The van der Waals surface area contributed by atoms with E-state index in [1.165, 1.54) is 12.5 Å². The van der Waals surface area contributed by atoms with Crippen molar-refractivity contribution in [1.29, 1.82) is 0 Å². The van der Waals surface area contributed by atoms with Crippen molar-refractivity contribution in [1.82, 2.24) is 9.97 Å². The average Bonchev–Trinajstić information content (AvgIpc) is 2.70. The van der Waals surface area contributed by atoms with Gasteiger partial charge in [0.25, 0.3) is 0 Å². The number of aromatic nitrogens is 2. The molecular weight excluding hydrogens is 354 g/mol. The zero-order chi connectivity index (χ0) is 19.8. The van der Waals surface area contributed by atoms with Gasteiger partial charge in [-0.25, -0.2) is 4.98 Å². The minimum absolute atomic E-state index is 0.100. The van der Waals surface area contributed by atoms with Gasteiger partial charge in [-0.05, 0) is 54.4 Å². The molecule has 2 aromatic carbocycles. The van der Waals surface area contributed by atoms with Crippen LogP contribution in [-0.4, -0.2) is 29.5 Å². The van der Waals surface area contributed by atoms with Gasteiger partial charge in [-0.3, -0.25) is 4.79 Å². The number of rotatable bonds is 8. The summed E-state index contributed by atoms with van der Waals surface area (Å²) < 4.78 is 5.25. The molecule has 0 spiro atoms. The van der Waals surface area contributed by atoms with Crippen LogP contribution in [0.3, 0.4) is 0 Å². The Morgan fingerprint density at radius 2 is 1.86 bits per heavy atom. The smallest absolute Gasteiger partial charge is 0.229 e. The van der Waals surface area contributed by atoms with Crippen LogP contribution in [-0.2, 0) is 11.2 Å². The summed E-state index contributed by atoms with van der Waals surface area (Å²) >= 11 is 0. The number of methoxy groups -OCH3 is 1. The van der Waals surface area contributed by atoms with E-state index in [0.717, 1.165) is 35.9 Å². The van der Waals surface area contributed by atoms with Crippen molar-refractivity contribution in [3.63, 3.8) is 0 Å². The fourth-order valence-electron chi connectivity index (χ4n) is 2.65. The van der Waals surface area contributed by atoms with Crippen molar-refractivity contribution in [2.75, 3.05) is 29.6 Å². The van der Waals surface area contributed by atoms with Gasteiger partial charge in [0.1, 0.15) is 11.6 Å². The molecule has 0 radical (unpaired) electrons. The summed E-state index contributed by atoms with van der Waals surface area (Å²) in [4.78, 5) is 19.8. The van der Waals surface area contributed by atoms with E-state index >= 15 is 0 Å². The fourth-order valence-corrected chi connectivity index (χ4v) is 2.65. The predicted octanol–water partition coefficient (Wildman–Crippen LogP) is 3.84. The molecule has 0 aliphatic rings. The Bertz CT molecular complexity index is 928. The second kappa shape index (κ2) is 9.36. The summed E-state index contributed by atoms with van der Waals surface area (Å²) in [6.07, 6.45) is 2.56. The molecule has 0 fully saturated rings. The normalized spacial score (nSPS) is 10.2. The molecule has 3 rings (SSSR count). The van der Waals surface area contributed by atoms with Crippen LogP contribution in [0.15, 0.2) is 60.8 Å². The molecule has 3 N–H and O–H groups in total. The quantitative estimate of drug-likeness (QED) is 0.553. The largest absolute Gasteiger partial charge is 0.497 e. The van der Waals surface area contributed by atoms with Crippen molar-refractivity contribution >= 4 is 29.0 Å². The van der Waals surface area contributed by atoms with Crippen molar-refractivity contribution in [3.05, 3.63) is 66.4 Å². The first-order chi connectivity index (χ1) is 13.6. The zero-order valence-electron chi connectivity index (χ0n) is 15.9. The molecule has 1 heterocycles. The molecule has 7 heteroatoms. The molecule has 0 atom stereocenters. The molecule has 144 valence electrons. The van der Waals surface area contributed by atoms with Crippen LogP contribution < -0.4 is 20.7 Å². The lowest BCUT2D eigenvalue weighted by atomic mass is 10.1. The number of carbonyl (C=O) groups is 1. The van der Waals surface area contributed by atoms with Gasteiger partial charge in [0, 0.05) is 31.0 Å². The number of anilines is 4. The van der Waals surface area contributed by atoms with Gasteiger partial charge in [0.15, 0.2) is 0 Å². The highest BCUT2D eigenvalue weighted by Crippen LogP contribution is 2.18. The predicted molar refractivity (Wildman–Crippen MR) is 111 cm³/mol. The number of carbonyl (C=O) groups excluding carboxylic acids is 1. The third-order valence-electron chi connectivity index (χ3n) is 3.97. The maximum absolute atomic E-state index is 11.1. The SMILES string of the molecule is COc1cccc(CCNc2ccnc(Nc3ccc(NC(C)=O)cc3)n2)c1. The van der Waals surface area contributed by atoms with Crippen molar-refractivity contribution in [2.45, 2.75) is 13.3 Å². The van der Waals surface area contributed by atoms with Crippen molar-refractivity contribution in [3.8, 4) is 5.75 Å². The summed E-state index contributed by atoms with van der Waals surface area (Å²) in [6.45, 7) is 2.22. The van der Waals surface area contributed by atoms with Gasteiger partial charge in [-0.15, -0.1) is 0 Å². The van der Waals surface area contributed by atoms with E-state index < -0.39 is 0 Å². The molecule has 0 saturated carbocycles. The highest BCUT2D eigenvalue weighted by atomic mass is 16.5. The summed E-state index contributed by atoms with van der Waals surface area (Å²) in [6, 6.07) is 17.2. The van der Waals surface area contributed by atoms with E-state index in [0.29, 0.717) is 5.95 Å². The lowest BCUT2D eigenvalue weighted by Gasteiger charge is -2.09. The van der Waals surface area contributed by atoms with E-state index in [1.807, 2.05) is 48.5 Å². The van der Waals surface area contributed by atoms with Crippen LogP contribution in [0.4, 0.5) is 23.1 Å². The molecule has 0 aliphatic carbocycles. The number of benzene rings is 2. The number of hydrogen-bond acceptors (Lipinski definition) is 6. The Morgan fingerprint density at radius 3 is 2.61 bits per heavy atom. The first-order valence-electron chi connectivity index (χ1n) is 8.97. The summed E-state index contributed by atoms with van der Waals surface area (Å²) in [7, 11) is 1.67. The summed E-state index contributed by atoms with van der Waals surface area (Å²) in [5, 5.41) is 9.20. The van der Waals surface area contributed by atoms with Crippen LogP contribution in [0.25, 0.3) is 0 Å². The first kappa shape index (κ1) is 19.2. The number of hydrogen-bond donors (Lipinski definition) is 3. The van der Waals surface area contributed by atoms with E-state index in [4.69, 9.17) is 4.74 Å². The van der Waals surface area contributed by atoms with Crippen molar-refractivity contribution in [2.24, 2.45) is 0 Å². The third kappa shape index (κ3) is 5.70. The number of nitrogens with zero attached hydrogens (tertiary/aromatic N) is 2. The Labute approximate surface area is 164 Å². The Hall–Kier alpha value is -3.61. The lowest BCUT2D eigenvalue weighted by Crippen LogP contribution is -2.08. The van der Waals surface area contributed by atoms with Gasteiger partial charge < -0.3 is 20.7 Å². The third-order valence-corrected chi connectivity index (χ3v) is 3.97. The van der Waals surface area contributed by atoms with E-state index in [9.17, 15) is 4.79 Å². The van der Waals surface area contributed by atoms with Crippen LogP contribution in [0, 0.1) is 0 Å². The first-order valence-corrected chi connectivity index (χ1v) is 8.97. The van der Waals surface area contributed by atoms with E-state index in [1.54, 1.807) is 13.3 Å². The minimum atomic E-state index is -0.100. The van der Waals surface area contributed by atoms with Crippen LogP contribution in [0.1, 0.15) is 12.5 Å². The maximum atomic E-state index is 11.1. The summed E-state index contributed by atoms with van der Waals surface area (Å²) in [5.74, 6) is 2.00. The zero-order valence-corrected chi connectivity index (χ0v) is 15.9. The molecule has 28 heavy (non-hydrogen) atoms. The standard InChI is InChI=1S/C21H23N5O2/c1-15(27)24-17-6-8-18(9-7-17)25-21-23-13-11-20(26-21)22-12-10-16-4-3-5-19(14-16)28-2/h3-9,11,13-14H,10,12H2,1-2H3,(H,24,27)(H2,22,23,25,26). The van der Waals surface area contributed by atoms with Gasteiger partial charge in [0.05, 0.1) is 7.11 Å². The Morgan fingerprint density at radius 1 is 1.07 bits per heavy atom. The topological polar surface area (TPSA) is 88.2 Å². The van der Waals surface area contributed by atoms with E-state index in [-0.39, 0.29) is 5.91 Å². The van der Waals surface area contributed by atoms with Gasteiger partial charge in [-0.1, -0.05) is 12.1 Å². The number of nitrogens with one attached hydrogen (secondary N) is 3. The monoisotopic (exact) mass is 377 g/mol. The molecule has 0 bridgehead atoms. The molecule has 7 nitrogen and oxygen atoms in total. The van der Waals surface area contributed by atoms with E-state index in [2.05, 4.69) is 32.0 Å². The number of ether oxygens (including phenoxy) is 1. The molecule has 1 aromatic heterocycles. The Balaban J connectivity index is 1.55. The molecule has 0 unspecified atom stereocenters. The lowest BCUT2D eigenvalue weighted by molar-refractivity contribution is -0.114. The van der Waals surface area contributed by atoms with Gasteiger partial charge in [0.2, 0.25) is 11.9 Å². The Kier molecular flexibility index (Phi) is 6.41. The van der Waals surface area contributed by atoms with Crippen LogP contribution >= 0.6 is 0 Å². The second-order valence-corrected chi connectivity index (χ2v) is 6.18. The average molecular weight is 377 g/mol. The van der Waals surface area contributed by atoms with Crippen LogP contribution in [0.2, 0.25) is 0 Å². The number of amides is 1. The molecule has 0 aliphatic heterocycles. The van der Waals surface area contributed by atoms with Gasteiger partial charge in [-0.2, -0.15) is 4.98 Å². The summed E-state index contributed by atoms with van der Waals surface area (Å²) in [5.41, 5.74) is 2.77. The highest BCUT2D eigenvalue weighted by Gasteiger charge is 2.02. The van der Waals surface area contributed by atoms with Gasteiger partial charge >= 0.3 is 0 Å². The second-order valence-electron chi connectivity index (χ2n) is 6.18. The molecule has 0 saturated heterocycles. The molecule has 3 aromatic rings. The van der Waals surface area contributed by atoms with Crippen molar-refractivity contribution < 1.29 is 9.53 Å². The van der Waals surface area contributed by atoms with Crippen LogP contribution in [0.5, 0.6) is 5.75 Å². The maximum Gasteiger partial charge on any atom is 0.229 e. The molecule has 1 amide bonds. The molecular formula is C21H23N5O2. The minimum Gasteiger partial charge on any atom is -0.497 e. The highest BCUT2D eigenvalue weighted by molar-refractivity contribution is 5.88.